The van der Waals surface area contributed by atoms with Crippen molar-refractivity contribution in [2.45, 2.75) is 115 Å². The Morgan fingerprint density at radius 3 is 2.10 bits per heavy atom. The summed E-state index contributed by atoms with van der Waals surface area (Å²) in [5, 5.41) is 0. The smallest absolute Gasteiger partial charge is 0.285 e. The van der Waals surface area contributed by atoms with Gasteiger partial charge in [0, 0.05) is 49.5 Å². The number of primary amides is 1. The maximum absolute atomic E-state index is 14.3. The first kappa shape index (κ1) is 32.4. The molecule has 7 nitrogen and oxygen atoms in total. The van der Waals surface area contributed by atoms with Crippen LogP contribution >= 0.6 is 23.2 Å². The third-order valence-corrected chi connectivity index (χ3v) is 11.9. The topological polar surface area (TPSA) is 115 Å². The number of likely N-dealkylation sites (tertiary alicyclic amines) is 1. The van der Waals surface area contributed by atoms with Crippen LogP contribution in [0.1, 0.15) is 105 Å². The van der Waals surface area contributed by atoms with Gasteiger partial charge >= 0.3 is 0 Å². The molecule has 1 aliphatic heterocycles. The quantitative estimate of drug-likeness (QED) is 0.213. The first-order valence-electron chi connectivity index (χ1n) is 15.7. The molecule has 0 aromatic heterocycles. The van der Waals surface area contributed by atoms with Crippen molar-refractivity contribution in [3.63, 3.8) is 0 Å². The Morgan fingerprint density at radius 1 is 0.927 bits per heavy atom. The van der Waals surface area contributed by atoms with Gasteiger partial charge in [0.2, 0.25) is 11.7 Å². The van der Waals surface area contributed by atoms with Crippen molar-refractivity contribution in [1.29, 1.82) is 0 Å². The number of nitrogens with zero attached hydrogens (tertiary/aromatic N) is 1. The van der Waals surface area contributed by atoms with Crippen LogP contribution in [0, 0.1) is 46.8 Å². The summed E-state index contributed by atoms with van der Waals surface area (Å²) >= 11 is 13.2. The maximum Gasteiger partial charge on any atom is 0.285 e. The number of hydrogen-bond acceptors (Lipinski definition) is 5. The number of nitrogens with two attached hydrogens (primary N) is 1. The van der Waals surface area contributed by atoms with E-state index in [1.165, 1.54) is 0 Å². The molecule has 1 saturated heterocycles. The second-order valence-corrected chi connectivity index (χ2v) is 16.0. The highest BCUT2D eigenvalue weighted by Crippen LogP contribution is 2.66. The van der Waals surface area contributed by atoms with Crippen molar-refractivity contribution in [2.24, 2.45) is 52.6 Å². The Labute approximate surface area is 255 Å². The summed E-state index contributed by atoms with van der Waals surface area (Å²) in [7, 11) is 0. The number of carbonyl (C=O) groups is 5. The molecule has 230 valence electrons. The number of piperidine rings is 1. The van der Waals surface area contributed by atoms with Crippen molar-refractivity contribution in [1.82, 2.24) is 4.90 Å². The monoisotopic (exact) mass is 610 g/mol. The van der Waals surface area contributed by atoms with Crippen LogP contribution in [0.5, 0.6) is 0 Å². The Kier molecular flexibility index (Phi) is 10.0. The lowest BCUT2D eigenvalue weighted by molar-refractivity contribution is -0.146. The van der Waals surface area contributed by atoms with Gasteiger partial charge in [-0.25, -0.2) is 0 Å². The van der Waals surface area contributed by atoms with E-state index in [9.17, 15) is 24.0 Å². The van der Waals surface area contributed by atoms with E-state index in [-0.39, 0.29) is 60.0 Å². The number of rotatable bonds is 13. The van der Waals surface area contributed by atoms with Gasteiger partial charge < -0.3 is 10.6 Å². The molecule has 4 aliphatic rings. The zero-order valence-corrected chi connectivity index (χ0v) is 26.6. The van der Waals surface area contributed by atoms with Crippen LogP contribution in [0.4, 0.5) is 0 Å². The number of ketones is 3. The number of carbonyl (C=O) groups excluding carboxylic acids is 5. The highest BCUT2D eigenvalue weighted by molar-refractivity contribution is 6.51. The van der Waals surface area contributed by atoms with E-state index in [2.05, 4.69) is 27.7 Å². The van der Waals surface area contributed by atoms with Gasteiger partial charge in [0.1, 0.15) is 10.1 Å². The number of alkyl halides is 2. The molecule has 0 bridgehead atoms. The summed E-state index contributed by atoms with van der Waals surface area (Å²) < 4.78 is -1.10. The second-order valence-electron chi connectivity index (χ2n) is 14.6. The lowest BCUT2D eigenvalue weighted by atomic mass is 9.74. The SMILES string of the molecule is CC(CC(=O)C[C@H](C(=O)N1CC2C([C@H]1C(=O)CC(CC1CCC1)C(=O)C(N)=O)C2(Cl)Cl)C1CCCCC1)C(C)(C)C. The van der Waals surface area contributed by atoms with Gasteiger partial charge in [-0.15, -0.1) is 23.2 Å². The van der Waals surface area contributed by atoms with Crippen molar-refractivity contribution < 1.29 is 24.0 Å². The predicted molar refractivity (Wildman–Crippen MR) is 159 cm³/mol. The summed E-state index contributed by atoms with van der Waals surface area (Å²) in [5.74, 6) is -3.50. The van der Waals surface area contributed by atoms with E-state index < -0.39 is 39.8 Å². The molecule has 4 rings (SSSR count). The minimum Gasteiger partial charge on any atom is -0.363 e. The fourth-order valence-electron chi connectivity index (χ4n) is 7.36. The molecule has 4 fully saturated rings. The summed E-state index contributed by atoms with van der Waals surface area (Å²) in [6, 6.07) is -0.859. The summed E-state index contributed by atoms with van der Waals surface area (Å²) in [6.45, 7) is 8.69. The number of halogens is 2. The molecule has 9 heteroatoms. The van der Waals surface area contributed by atoms with Crippen LogP contribution in [0.15, 0.2) is 0 Å². The number of amides is 2. The standard InChI is InChI=1S/C32H48Cl2N2O5/c1-18(31(2,3)4)13-22(37)16-23(20-11-6-5-7-12-20)30(41)36-17-24-26(32(24,33)34)27(36)25(38)15-21(28(39)29(35)40)14-19-9-8-10-19/h18-21,23-24,26-27H,5-17H2,1-4H3,(H2,35,40)/t18?,21?,23-,24?,26?,27+/m0/s1. The maximum atomic E-state index is 14.3. The Balaban J connectivity index is 1.55. The molecule has 0 aromatic rings. The molecule has 0 spiro atoms. The minimum atomic E-state index is -1.10. The summed E-state index contributed by atoms with van der Waals surface area (Å²) in [4.78, 5) is 67.7. The van der Waals surface area contributed by atoms with Crippen LogP contribution in [-0.2, 0) is 24.0 Å². The van der Waals surface area contributed by atoms with Crippen LogP contribution in [-0.4, -0.2) is 51.0 Å². The molecule has 6 atom stereocenters. The number of Topliss-reactive ketones (excluding diaryl/α,β-unsaturated/α-hetero) is 3. The molecule has 2 amide bonds. The largest absolute Gasteiger partial charge is 0.363 e. The van der Waals surface area contributed by atoms with Gasteiger partial charge in [-0.2, -0.15) is 0 Å². The van der Waals surface area contributed by atoms with E-state index in [0.717, 1.165) is 51.4 Å². The summed E-state index contributed by atoms with van der Waals surface area (Å²) in [6.07, 6.45) is 8.84. The van der Waals surface area contributed by atoms with E-state index >= 15 is 0 Å². The Morgan fingerprint density at radius 2 is 1.56 bits per heavy atom. The van der Waals surface area contributed by atoms with E-state index in [4.69, 9.17) is 28.9 Å². The summed E-state index contributed by atoms with van der Waals surface area (Å²) in [5.41, 5.74) is 5.33. The van der Waals surface area contributed by atoms with E-state index in [1.54, 1.807) is 4.90 Å². The van der Waals surface area contributed by atoms with Gasteiger partial charge in [0.05, 0.1) is 6.04 Å². The van der Waals surface area contributed by atoms with Crippen LogP contribution in [0.2, 0.25) is 0 Å². The lowest BCUT2D eigenvalue weighted by Crippen LogP contribution is -2.50. The Bertz CT molecular complexity index is 1040. The highest BCUT2D eigenvalue weighted by atomic mass is 35.5. The molecule has 0 radical (unpaired) electrons. The first-order valence-corrected chi connectivity index (χ1v) is 16.4. The fourth-order valence-corrected chi connectivity index (χ4v) is 8.19. The van der Waals surface area contributed by atoms with Crippen molar-refractivity contribution in [2.75, 3.05) is 6.54 Å². The highest BCUT2D eigenvalue weighted by Gasteiger charge is 2.73. The molecule has 3 aliphatic carbocycles. The van der Waals surface area contributed by atoms with Gasteiger partial charge in [-0.3, -0.25) is 24.0 Å². The third-order valence-electron chi connectivity index (χ3n) is 10.8. The van der Waals surface area contributed by atoms with Gasteiger partial charge in [0.15, 0.2) is 5.78 Å². The molecule has 0 aromatic carbocycles. The zero-order valence-electron chi connectivity index (χ0n) is 25.1. The number of fused-ring (bicyclic) bond motifs is 1. The second kappa shape index (κ2) is 12.6. The third kappa shape index (κ3) is 7.20. The van der Waals surface area contributed by atoms with Crippen LogP contribution in [0.3, 0.4) is 0 Å². The number of hydrogen-bond donors (Lipinski definition) is 1. The van der Waals surface area contributed by atoms with Crippen LogP contribution in [0.25, 0.3) is 0 Å². The van der Waals surface area contributed by atoms with Crippen molar-refractivity contribution >= 4 is 52.4 Å². The first-order chi connectivity index (χ1) is 19.1. The van der Waals surface area contributed by atoms with Crippen molar-refractivity contribution in [3.8, 4) is 0 Å². The molecule has 41 heavy (non-hydrogen) atoms. The molecule has 2 N–H and O–H groups in total. The predicted octanol–water partition coefficient (Wildman–Crippen LogP) is 5.67. The normalized spacial score (nSPS) is 28.2. The van der Waals surface area contributed by atoms with E-state index in [1.807, 2.05) is 0 Å². The van der Waals surface area contributed by atoms with Crippen molar-refractivity contribution in [3.05, 3.63) is 0 Å². The van der Waals surface area contributed by atoms with Gasteiger partial charge in [0.25, 0.3) is 5.91 Å². The molecular weight excluding hydrogens is 563 g/mol. The lowest BCUT2D eigenvalue weighted by Gasteiger charge is -2.37. The zero-order chi connectivity index (χ0) is 30.3. The Hall–Kier alpha value is -1.47. The van der Waals surface area contributed by atoms with Crippen LogP contribution < -0.4 is 5.73 Å². The molecule has 3 saturated carbocycles. The fraction of sp³-hybridized carbons (Fsp3) is 0.844. The minimum absolute atomic E-state index is 0.0177. The van der Waals surface area contributed by atoms with E-state index in [0.29, 0.717) is 18.8 Å². The average Bonchev–Trinajstić information content (AvgIpc) is 3.20. The molecule has 1 heterocycles. The van der Waals surface area contributed by atoms with Gasteiger partial charge in [-0.1, -0.05) is 66.2 Å². The average molecular weight is 612 g/mol. The molecule has 4 unspecified atom stereocenters. The van der Waals surface area contributed by atoms with Gasteiger partial charge in [-0.05, 0) is 42.4 Å². The molecular formula is C32H48Cl2N2O5.